The summed E-state index contributed by atoms with van der Waals surface area (Å²) in [4.78, 5) is 16.7. The maximum atomic E-state index is 12.7. The van der Waals surface area contributed by atoms with E-state index in [-0.39, 0.29) is 40.3 Å². The summed E-state index contributed by atoms with van der Waals surface area (Å²) < 4.78 is 65.0. The first-order valence-electron chi connectivity index (χ1n) is 8.90. The van der Waals surface area contributed by atoms with Crippen LogP contribution in [0.2, 0.25) is 0 Å². The highest BCUT2D eigenvalue weighted by atomic mass is 32.2. The van der Waals surface area contributed by atoms with Crippen molar-refractivity contribution in [1.82, 2.24) is 4.57 Å². The normalized spacial score (nSPS) is 18.2. The Labute approximate surface area is 174 Å². The fraction of sp³-hybridized carbons (Fsp3) is 0.316. The molecule has 1 aliphatic heterocycles. The zero-order valence-corrected chi connectivity index (χ0v) is 16.9. The van der Waals surface area contributed by atoms with E-state index in [1.54, 1.807) is 6.07 Å². The number of aliphatic imine (C=N–C) groups is 1. The van der Waals surface area contributed by atoms with Crippen LogP contribution < -0.4 is 10.3 Å². The molecule has 0 amide bonds. The van der Waals surface area contributed by atoms with E-state index in [0.717, 1.165) is 22.9 Å². The Morgan fingerprint density at radius 1 is 1.32 bits per heavy atom. The zero-order valence-electron chi connectivity index (χ0n) is 16.0. The van der Waals surface area contributed by atoms with Gasteiger partial charge in [0.2, 0.25) is 5.88 Å². The van der Waals surface area contributed by atoms with Crippen LogP contribution in [0.3, 0.4) is 0 Å². The minimum Gasteiger partial charge on any atom is -0.494 e. The second-order valence-electron chi connectivity index (χ2n) is 6.88. The number of alkyl halides is 3. The van der Waals surface area contributed by atoms with Crippen LogP contribution in [0, 0.1) is 18.3 Å². The van der Waals surface area contributed by atoms with Crippen molar-refractivity contribution in [2.75, 3.05) is 11.5 Å². The molecule has 0 radical (unpaired) electrons. The number of sulfone groups is 1. The number of ether oxygens (including phenoxy) is 1. The topological polar surface area (TPSA) is 122 Å². The van der Waals surface area contributed by atoms with E-state index >= 15 is 0 Å². The third kappa shape index (κ3) is 4.88. The summed E-state index contributed by atoms with van der Waals surface area (Å²) in [5.74, 6) is -1.46. The molecule has 1 aromatic heterocycles. The number of hydrogen-bond donors (Lipinski definition) is 1. The molecule has 2 heterocycles. The minimum absolute atomic E-state index is 0.0241. The third-order valence-corrected chi connectivity index (χ3v) is 6.53. The van der Waals surface area contributed by atoms with Crippen molar-refractivity contribution in [2.45, 2.75) is 25.7 Å². The first-order valence-corrected chi connectivity index (χ1v) is 10.7. The van der Waals surface area contributed by atoms with Crippen LogP contribution in [0.4, 0.5) is 18.9 Å². The van der Waals surface area contributed by atoms with Crippen molar-refractivity contribution in [3.8, 4) is 17.7 Å². The molecule has 2 aromatic rings. The maximum Gasteiger partial charge on any atom is 0.573 e. The summed E-state index contributed by atoms with van der Waals surface area (Å²) in [5.41, 5.74) is -0.685. The summed E-state index contributed by atoms with van der Waals surface area (Å²) in [5, 5.41) is 20.1. The highest BCUT2D eigenvalue weighted by molar-refractivity contribution is 7.91. The lowest BCUT2D eigenvalue weighted by atomic mass is 10.0. The van der Waals surface area contributed by atoms with E-state index in [1.165, 1.54) is 19.1 Å². The average molecular weight is 455 g/mol. The Morgan fingerprint density at radius 3 is 2.48 bits per heavy atom. The van der Waals surface area contributed by atoms with Gasteiger partial charge in [-0.15, -0.1) is 13.2 Å². The highest BCUT2D eigenvalue weighted by Gasteiger charge is 2.33. The van der Waals surface area contributed by atoms with Crippen molar-refractivity contribution < 1.29 is 31.4 Å². The van der Waals surface area contributed by atoms with Gasteiger partial charge in [-0.25, -0.2) is 8.42 Å². The molecule has 1 aromatic carbocycles. The number of aromatic nitrogens is 1. The van der Waals surface area contributed by atoms with Crippen molar-refractivity contribution in [3.05, 3.63) is 51.3 Å². The molecular weight excluding hydrogens is 439 g/mol. The Bertz CT molecular complexity index is 1240. The molecule has 1 N–H and O–H groups in total. The monoisotopic (exact) mass is 455 g/mol. The molecular formula is C19H16F3N3O5S. The number of rotatable bonds is 4. The van der Waals surface area contributed by atoms with E-state index in [9.17, 15) is 36.8 Å². The number of pyridine rings is 1. The van der Waals surface area contributed by atoms with Gasteiger partial charge in [0.25, 0.3) is 5.56 Å². The van der Waals surface area contributed by atoms with Crippen molar-refractivity contribution in [2.24, 2.45) is 4.99 Å². The lowest BCUT2D eigenvalue weighted by Crippen LogP contribution is -2.29. The number of nitriles is 1. The van der Waals surface area contributed by atoms with E-state index in [1.807, 2.05) is 0 Å². The fourth-order valence-corrected chi connectivity index (χ4v) is 4.99. The molecule has 8 nitrogen and oxygen atoms in total. The predicted octanol–water partition coefficient (Wildman–Crippen LogP) is 2.74. The van der Waals surface area contributed by atoms with Gasteiger partial charge in [-0.3, -0.25) is 14.4 Å². The largest absolute Gasteiger partial charge is 0.573 e. The molecule has 1 saturated heterocycles. The molecule has 31 heavy (non-hydrogen) atoms. The van der Waals surface area contributed by atoms with Gasteiger partial charge in [0, 0.05) is 6.21 Å². The molecule has 0 spiro atoms. The van der Waals surface area contributed by atoms with Gasteiger partial charge in [-0.1, -0.05) is 0 Å². The molecule has 1 atom stereocenters. The van der Waals surface area contributed by atoms with Crippen molar-refractivity contribution >= 4 is 21.7 Å². The molecule has 0 saturated carbocycles. The fourth-order valence-electron chi connectivity index (χ4n) is 3.29. The maximum absolute atomic E-state index is 12.7. The number of benzene rings is 1. The Morgan fingerprint density at radius 2 is 1.97 bits per heavy atom. The van der Waals surface area contributed by atoms with E-state index in [4.69, 9.17) is 0 Å². The number of aromatic hydroxyl groups is 1. The summed E-state index contributed by atoms with van der Waals surface area (Å²) in [7, 11) is -3.37. The Hall–Kier alpha value is -3.33. The third-order valence-electron chi connectivity index (χ3n) is 4.78. The van der Waals surface area contributed by atoms with Crippen LogP contribution in [0.15, 0.2) is 34.1 Å². The van der Waals surface area contributed by atoms with Crippen LogP contribution in [0.1, 0.15) is 29.2 Å². The number of halogens is 3. The Balaban J connectivity index is 2.00. The molecule has 1 aliphatic rings. The van der Waals surface area contributed by atoms with Gasteiger partial charge in [-0.2, -0.15) is 5.26 Å². The molecule has 0 bridgehead atoms. The first-order chi connectivity index (χ1) is 14.4. The Kier molecular flexibility index (Phi) is 5.82. The quantitative estimate of drug-likeness (QED) is 0.708. The minimum atomic E-state index is -4.83. The second kappa shape index (κ2) is 8.07. The SMILES string of the molecule is Cc1c(C=Nc2ccc(OC(F)(F)F)cc2)c(O)n(C2CCS(=O)(=O)C2)c(=O)c1C#N. The summed E-state index contributed by atoms with van der Waals surface area (Å²) in [6.07, 6.45) is -3.56. The van der Waals surface area contributed by atoms with Crippen LogP contribution in [-0.4, -0.2) is 42.2 Å². The van der Waals surface area contributed by atoms with Gasteiger partial charge in [0.05, 0.1) is 28.8 Å². The molecule has 164 valence electrons. The van der Waals surface area contributed by atoms with E-state index in [0.29, 0.717) is 0 Å². The lowest BCUT2D eigenvalue weighted by Gasteiger charge is -2.18. The van der Waals surface area contributed by atoms with Gasteiger partial charge >= 0.3 is 6.36 Å². The summed E-state index contributed by atoms with van der Waals surface area (Å²) in [6.45, 7) is 1.43. The van der Waals surface area contributed by atoms with E-state index < -0.39 is 39.4 Å². The van der Waals surface area contributed by atoms with Crippen LogP contribution in [0.5, 0.6) is 11.6 Å². The highest BCUT2D eigenvalue weighted by Crippen LogP contribution is 2.30. The molecule has 12 heteroatoms. The van der Waals surface area contributed by atoms with Gasteiger partial charge in [-0.05, 0) is 43.2 Å². The van der Waals surface area contributed by atoms with Crippen LogP contribution >= 0.6 is 0 Å². The lowest BCUT2D eigenvalue weighted by molar-refractivity contribution is -0.274. The van der Waals surface area contributed by atoms with Gasteiger partial charge in [0.15, 0.2) is 9.84 Å². The van der Waals surface area contributed by atoms with Crippen molar-refractivity contribution in [3.63, 3.8) is 0 Å². The van der Waals surface area contributed by atoms with Crippen molar-refractivity contribution in [1.29, 1.82) is 5.26 Å². The van der Waals surface area contributed by atoms with Crippen LogP contribution in [0.25, 0.3) is 0 Å². The molecule has 1 fully saturated rings. The van der Waals surface area contributed by atoms with Crippen LogP contribution in [-0.2, 0) is 9.84 Å². The molecule has 1 unspecified atom stereocenters. The van der Waals surface area contributed by atoms with E-state index in [2.05, 4.69) is 9.73 Å². The average Bonchev–Trinajstić information content (AvgIpc) is 3.01. The summed E-state index contributed by atoms with van der Waals surface area (Å²) >= 11 is 0. The smallest absolute Gasteiger partial charge is 0.494 e. The molecule has 0 aliphatic carbocycles. The second-order valence-corrected chi connectivity index (χ2v) is 9.11. The standard InChI is InChI=1S/C19H16F3N3O5S/c1-11-15(8-23)17(26)25(13-6-7-31(28,29)10-13)18(27)16(11)9-24-12-2-4-14(5-3-12)30-19(20,21)22/h2-5,9,13,27H,6-7,10H2,1H3. The van der Waals surface area contributed by atoms with Gasteiger partial charge < -0.3 is 9.84 Å². The summed E-state index contributed by atoms with van der Waals surface area (Å²) in [6, 6.07) is 5.54. The molecule has 3 rings (SSSR count). The zero-order chi connectivity index (χ0) is 23.0. The van der Waals surface area contributed by atoms with Gasteiger partial charge in [0.1, 0.15) is 17.4 Å². The number of hydrogen-bond acceptors (Lipinski definition) is 7. The predicted molar refractivity (Wildman–Crippen MR) is 105 cm³/mol. The first kappa shape index (κ1) is 22.4. The number of nitrogens with zero attached hydrogens (tertiary/aromatic N) is 3.